The maximum Gasteiger partial charge on any atom is 0.0661 e. The molecule has 2 fully saturated rings. The third-order valence-electron chi connectivity index (χ3n) is 5.16. The van der Waals surface area contributed by atoms with Crippen molar-refractivity contribution in [2.45, 2.75) is 69.8 Å². The Hall–Kier alpha value is 0.0700. The van der Waals surface area contributed by atoms with Gasteiger partial charge in [0.2, 0.25) is 0 Å². The van der Waals surface area contributed by atoms with E-state index in [0.29, 0.717) is 17.6 Å². The molecule has 0 heterocycles. The van der Waals surface area contributed by atoms with E-state index in [0.717, 1.165) is 19.6 Å². The van der Waals surface area contributed by atoms with Crippen LogP contribution in [0, 0.1) is 5.41 Å². The van der Waals surface area contributed by atoms with Crippen LogP contribution in [0.5, 0.6) is 0 Å². The summed E-state index contributed by atoms with van der Waals surface area (Å²) in [5, 5.41) is 3.92. The summed E-state index contributed by atoms with van der Waals surface area (Å²) in [5.74, 6) is 0. The van der Waals surface area contributed by atoms with Gasteiger partial charge in [-0.2, -0.15) is 0 Å². The van der Waals surface area contributed by atoms with E-state index in [1.807, 2.05) is 0 Å². The molecule has 0 aromatic carbocycles. The molecule has 19 heavy (non-hydrogen) atoms. The fourth-order valence-corrected chi connectivity index (χ4v) is 4.11. The van der Waals surface area contributed by atoms with Crippen LogP contribution in [0.15, 0.2) is 0 Å². The Kier molecular flexibility index (Phi) is 5.44. The Bertz CT molecular complexity index is 315. The van der Waals surface area contributed by atoms with Crippen molar-refractivity contribution in [3.8, 4) is 0 Å². The van der Waals surface area contributed by atoms with E-state index in [1.54, 1.807) is 6.26 Å². The van der Waals surface area contributed by atoms with Gasteiger partial charge in [-0.1, -0.05) is 19.3 Å². The van der Waals surface area contributed by atoms with Gasteiger partial charge < -0.3 is 10.1 Å². The molecule has 0 saturated heterocycles. The zero-order valence-corrected chi connectivity index (χ0v) is 13.4. The first-order chi connectivity index (χ1) is 9.10. The van der Waals surface area contributed by atoms with Crippen molar-refractivity contribution >= 4 is 10.8 Å². The summed E-state index contributed by atoms with van der Waals surface area (Å²) in [6.07, 6.45) is 10.1. The Morgan fingerprint density at radius 1 is 1.37 bits per heavy atom. The molecule has 1 spiro atoms. The molecule has 0 bridgehead atoms. The molecule has 4 atom stereocenters. The maximum absolute atomic E-state index is 11.4. The molecule has 2 saturated carbocycles. The van der Waals surface area contributed by atoms with E-state index in [2.05, 4.69) is 19.2 Å². The standard InChI is InChI=1S/C15H29NO2S/c1-4-18-14-10-13(16-11-12(2)19(3)17)15(14)8-6-5-7-9-15/h12-14,16H,4-11H2,1-3H3. The Labute approximate surface area is 120 Å². The summed E-state index contributed by atoms with van der Waals surface area (Å²) in [7, 11) is -0.727. The minimum Gasteiger partial charge on any atom is -0.378 e. The van der Waals surface area contributed by atoms with Crippen molar-refractivity contribution in [1.82, 2.24) is 5.32 Å². The van der Waals surface area contributed by atoms with Crippen molar-refractivity contribution in [2.75, 3.05) is 19.4 Å². The first-order valence-electron chi connectivity index (χ1n) is 7.77. The van der Waals surface area contributed by atoms with E-state index >= 15 is 0 Å². The van der Waals surface area contributed by atoms with Crippen LogP contribution in [0.4, 0.5) is 0 Å². The maximum atomic E-state index is 11.4. The molecular weight excluding hydrogens is 258 g/mol. The van der Waals surface area contributed by atoms with Gasteiger partial charge in [0.25, 0.3) is 0 Å². The van der Waals surface area contributed by atoms with Crippen LogP contribution < -0.4 is 5.32 Å². The normalized spacial score (nSPS) is 32.8. The molecule has 0 radical (unpaired) electrons. The average molecular weight is 287 g/mol. The zero-order valence-electron chi connectivity index (χ0n) is 12.6. The second-order valence-corrected chi connectivity index (χ2v) is 8.05. The van der Waals surface area contributed by atoms with E-state index in [9.17, 15) is 4.21 Å². The van der Waals surface area contributed by atoms with E-state index in [4.69, 9.17) is 4.74 Å². The van der Waals surface area contributed by atoms with E-state index < -0.39 is 10.8 Å². The second kappa shape index (κ2) is 6.68. The highest BCUT2D eigenvalue weighted by Crippen LogP contribution is 2.53. The lowest BCUT2D eigenvalue weighted by atomic mass is 9.55. The Morgan fingerprint density at radius 3 is 2.63 bits per heavy atom. The lowest BCUT2D eigenvalue weighted by Gasteiger charge is -2.58. The average Bonchev–Trinajstić information content (AvgIpc) is 2.42. The van der Waals surface area contributed by atoms with Gasteiger partial charge in [0.15, 0.2) is 0 Å². The van der Waals surface area contributed by atoms with E-state index in [1.165, 1.54) is 32.1 Å². The molecule has 1 N–H and O–H groups in total. The van der Waals surface area contributed by atoms with Crippen LogP contribution in [0.3, 0.4) is 0 Å². The summed E-state index contributed by atoms with van der Waals surface area (Å²) >= 11 is 0. The number of hydrogen-bond acceptors (Lipinski definition) is 3. The van der Waals surface area contributed by atoms with Crippen LogP contribution in [-0.2, 0) is 15.5 Å². The molecule has 2 aliphatic rings. The molecule has 0 aliphatic heterocycles. The fraction of sp³-hybridized carbons (Fsp3) is 1.00. The number of hydrogen-bond donors (Lipinski definition) is 1. The summed E-state index contributed by atoms with van der Waals surface area (Å²) in [5.41, 5.74) is 0.378. The van der Waals surface area contributed by atoms with Crippen molar-refractivity contribution in [2.24, 2.45) is 5.41 Å². The number of nitrogens with one attached hydrogen (secondary N) is 1. The van der Waals surface area contributed by atoms with Gasteiger partial charge in [0, 0.05) is 46.9 Å². The van der Waals surface area contributed by atoms with Crippen LogP contribution in [-0.4, -0.2) is 41.0 Å². The molecule has 2 aliphatic carbocycles. The molecule has 0 amide bonds. The minimum absolute atomic E-state index is 0.242. The van der Waals surface area contributed by atoms with Gasteiger partial charge in [-0.05, 0) is 33.1 Å². The first kappa shape index (κ1) is 15.5. The van der Waals surface area contributed by atoms with Crippen LogP contribution in [0.2, 0.25) is 0 Å². The molecule has 2 rings (SSSR count). The Balaban J connectivity index is 1.91. The van der Waals surface area contributed by atoms with Gasteiger partial charge >= 0.3 is 0 Å². The van der Waals surface area contributed by atoms with Crippen molar-refractivity contribution in [3.63, 3.8) is 0 Å². The first-order valence-corrected chi connectivity index (χ1v) is 9.39. The highest BCUT2D eigenvalue weighted by Gasteiger charge is 2.55. The lowest BCUT2D eigenvalue weighted by Crippen LogP contribution is -2.65. The van der Waals surface area contributed by atoms with Gasteiger partial charge in [-0.3, -0.25) is 4.21 Å². The lowest BCUT2D eigenvalue weighted by molar-refractivity contribution is -0.149. The van der Waals surface area contributed by atoms with Crippen LogP contribution in [0.1, 0.15) is 52.4 Å². The Morgan fingerprint density at radius 2 is 2.05 bits per heavy atom. The van der Waals surface area contributed by atoms with Crippen LogP contribution in [0.25, 0.3) is 0 Å². The predicted molar refractivity (Wildman–Crippen MR) is 80.9 cm³/mol. The summed E-state index contributed by atoms with van der Waals surface area (Å²) in [6.45, 7) is 5.86. The predicted octanol–water partition coefficient (Wildman–Crippen LogP) is 2.47. The fourth-order valence-electron chi connectivity index (χ4n) is 3.78. The third kappa shape index (κ3) is 3.22. The summed E-state index contributed by atoms with van der Waals surface area (Å²) in [4.78, 5) is 0. The molecule has 3 nitrogen and oxygen atoms in total. The highest BCUT2D eigenvalue weighted by molar-refractivity contribution is 7.84. The number of rotatable bonds is 6. The minimum atomic E-state index is -0.727. The summed E-state index contributed by atoms with van der Waals surface area (Å²) < 4.78 is 17.4. The topological polar surface area (TPSA) is 38.3 Å². The van der Waals surface area contributed by atoms with Gasteiger partial charge in [-0.15, -0.1) is 0 Å². The largest absolute Gasteiger partial charge is 0.378 e. The summed E-state index contributed by atoms with van der Waals surface area (Å²) in [6, 6.07) is 0.579. The third-order valence-corrected chi connectivity index (χ3v) is 6.46. The molecular formula is C15H29NO2S. The molecule has 4 heteroatoms. The smallest absolute Gasteiger partial charge is 0.0661 e. The highest BCUT2D eigenvalue weighted by atomic mass is 32.2. The monoisotopic (exact) mass is 287 g/mol. The van der Waals surface area contributed by atoms with Gasteiger partial charge in [0.1, 0.15) is 0 Å². The quantitative estimate of drug-likeness (QED) is 0.815. The molecule has 4 unspecified atom stereocenters. The van der Waals surface area contributed by atoms with Crippen LogP contribution >= 0.6 is 0 Å². The molecule has 112 valence electrons. The second-order valence-electron chi connectivity index (χ2n) is 6.24. The SMILES string of the molecule is CCOC1CC(NCC(C)S(C)=O)C12CCCCC2. The molecule has 0 aromatic rings. The molecule has 0 aromatic heterocycles. The number of ether oxygens (including phenoxy) is 1. The zero-order chi connectivity index (χ0) is 13.9. The van der Waals surface area contributed by atoms with Gasteiger partial charge in [0.05, 0.1) is 6.10 Å². The van der Waals surface area contributed by atoms with E-state index in [-0.39, 0.29) is 5.25 Å². The van der Waals surface area contributed by atoms with Crippen molar-refractivity contribution in [3.05, 3.63) is 0 Å². The van der Waals surface area contributed by atoms with Gasteiger partial charge in [-0.25, -0.2) is 0 Å². The van der Waals surface area contributed by atoms with Crippen molar-refractivity contribution in [1.29, 1.82) is 0 Å². The van der Waals surface area contributed by atoms with Crippen molar-refractivity contribution < 1.29 is 8.95 Å².